The van der Waals surface area contributed by atoms with Crippen molar-refractivity contribution in [3.8, 4) is 0 Å². The van der Waals surface area contributed by atoms with E-state index in [4.69, 9.17) is 0 Å². The Kier molecular flexibility index (Phi) is 3.89. The summed E-state index contributed by atoms with van der Waals surface area (Å²) in [5, 5.41) is 14.9. The second-order valence-electron chi connectivity index (χ2n) is 6.92. The lowest BCUT2D eigenvalue weighted by Gasteiger charge is -2.23. The Morgan fingerprint density at radius 2 is 2.04 bits per heavy atom. The molecule has 1 fully saturated rings. The molecule has 0 radical (unpaired) electrons. The quantitative estimate of drug-likeness (QED) is 0.517. The summed E-state index contributed by atoms with van der Waals surface area (Å²) in [6.45, 7) is 0. The number of carbonyl (C=O) groups excluding carboxylic acids is 1. The number of anilines is 2. The van der Waals surface area contributed by atoms with Crippen molar-refractivity contribution in [2.24, 2.45) is 0 Å². The number of rotatable bonds is 5. The lowest BCUT2D eigenvalue weighted by Crippen LogP contribution is -2.12. The van der Waals surface area contributed by atoms with Crippen molar-refractivity contribution < 1.29 is 9.18 Å². The largest absolute Gasteiger partial charge is 0.322 e. The predicted octanol–water partition coefficient (Wildman–Crippen LogP) is 3.83. The van der Waals surface area contributed by atoms with Crippen molar-refractivity contribution in [1.82, 2.24) is 24.8 Å². The number of aromatic nitrogens is 5. The zero-order chi connectivity index (χ0) is 19.1. The van der Waals surface area contributed by atoms with Crippen LogP contribution in [-0.2, 0) is 0 Å². The SMILES string of the molecule is O=C(c1ccc(F)cc1)c1nc(Nc2cc(C3CCC3)[nH]n2)c2cccn2n1. The van der Waals surface area contributed by atoms with Gasteiger partial charge in [-0.05, 0) is 49.2 Å². The van der Waals surface area contributed by atoms with Crippen LogP contribution in [0.1, 0.15) is 47.1 Å². The van der Waals surface area contributed by atoms with E-state index in [1.54, 1.807) is 10.7 Å². The maximum atomic E-state index is 13.1. The number of hydrogen-bond donors (Lipinski definition) is 2. The molecule has 3 aromatic heterocycles. The van der Waals surface area contributed by atoms with Crippen LogP contribution in [0, 0.1) is 5.82 Å². The summed E-state index contributed by atoms with van der Waals surface area (Å²) in [7, 11) is 0. The first-order valence-corrected chi connectivity index (χ1v) is 9.15. The van der Waals surface area contributed by atoms with Gasteiger partial charge in [-0.15, -0.1) is 5.10 Å². The van der Waals surface area contributed by atoms with Crippen LogP contribution >= 0.6 is 0 Å². The van der Waals surface area contributed by atoms with Gasteiger partial charge < -0.3 is 5.32 Å². The summed E-state index contributed by atoms with van der Waals surface area (Å²) in [4.78, 5) is 17.2. The molecule has 0 atom stereocenters. The summed E-state index contributed by atoms with van der Waals surface area (Å²) >= 11 is 0. The number of hydrogen-bond acceptors (Lipinski definition) is 5. The molecule has 1 aromatic carbocycles. The first-order valence-electron chi connectivity index (χ1n) is 9.15. The first kappa shape index (κ1) is 16.6. The monoisotopic (exact) mass is 376 g/mol. The average molecular weight is 376 g/mol. The van der Waals surface area contributed by atoms with Crippen molar-refractivity contribution in [2.75, 3.05) is 5.32 Å². The van der Waals surface area contributed by atoms with Crippen molar-refractivity contribution in [1.29, 1.82) is 0 Å². The van der Waals surface area contributed by atoms with Crippen LogP contribution in [0.2, 0.25) is 0 Å². The number of carbonyl (C=O) groups is 1. The Morgan fingerprint density at radius 3 is 2.79 bits per heavy atom. The van der Waals surface area contributed by atoms with E-state index in [0.29, 0.717) is 23.1 Å². The number of halogens is 1. The third kappa shape index (κ3) is 2.92. The van der Waals surface area contributed by atoms with Gasteiger partial charge in [0, 0.05) is 29.4 Å². The van der Waals surface area contributed by atoms with E-state index < -0.39 is 5.82 Å². The molecule has 0 spiro atoms. The van der Waals surface area contributed by atoms with Crippen LogP contribution in [0.15, 0.2) is 48.7 Å². The fourth-order valence-electron chi connectivity index (χ4n) is 3.30. The van der Waals surface area contributed by atoms with Crippen LogP contribution < -0.4 is 5.32 Å². The number of ketones is 1. The fraction of sp³-hybridized carbons (Fsp3) is 0.200. The summed E-state index contributed by atoms with van der Waals surface area (Å²) < 4.78 is 14.7. The molecule has 0 bridgehead atoms. The van der Waals surface area contributed by atoms with Crippen LogP contribution in [-0.4, -0.2) is 30.6 Å². The molecule has 1 aliphatic rings. The molecule has 0 saturated heterocycles. The molecule has 28 heavy (non-hydrogen) atoms. The Labute approximate surface area is 159 Å². The summed E-state index contributed by atoms with van der Waals surface area (Å²) in [6.07, 6.45) is 5.34. The van der Waals surface area contributed by atoms with E-state index in [2.05, 4.69) is 25.6 Å². The van der Waals surface area contributed by atoms with Gasteiger partial charge in [0.1, 0.15) is 11.3 Å². The number of nitrogens with zero attached hydrogens (tertiary/aromatic N) is 4. The maximum absolute atomic E-state index is 13.1. The third-order valence-corrected chi connectivity index (χ3v) is 5.09. The van der Waals surface area contributed by atoms with Crippen LogP contribution in [0.3, 0.4) is 0 Å². The molecular weight excluding hydrogens is 359 g/mol. The molecule has 2 N–H and O–H groups in total. The molecule has 8 heteroatoms. The molecule has 5 rings (SSSR count). The standard InChI is InChI=1S/C20H17FN6O/c21-14-8-6-13(7-9-14)18(28)20-23-19(16-5-2-10-27(16)26-20)22-17-11-15(24-25-17)12-3-1-4-12/h2,5-12H,1,3-4H2,(H2,22,23,24,25,26). The summed E-state index contributed by atoms with van der Waals surface area (Å²) in [5.74, 6) is 0.906. The molecule has 3 heterocycles. The lowest BCUT2D eigenvalue weighted by atomic mass is 9.83. The van der Waals surface area contributed by atoms with Gasteiger partial charge in [-0.3, -0.25) is 9.89 Å². The molecule has 7 nitrogen and oxygen atoms in total. The zero-order valence-corrected chi connectivity index (χ0v) is 14.9. The number of nitrogens with one attached hydrogen (secondary N) is 2. The van der Waals surface area contributed by atoms with E-state index >= 15 is 0 Å². The summed E-state index contributed by atoms with van der Waals surface area (Å²) in [6, 6.07) is 11.0. The van der Waals surface area contributed by atoms with Gasteiger partial charge >= 0.3 is 0 Å². The topological polar surface area (TPSA) is 88.0 Å². The van der Waals surface area contributed by atoms with Crippen LogP contribution in [0.25, 0.3) is 5.52 Å². The highest BCUT2D eigenvalue weighted by Gasteiger charge is 2.22. The summed E-state index contributed by atoms with van der Waals surface area (Å²) in [5.41, 5.74) is 2.16. The van der Waals surface area contributed by atoms with Gasteiger partial charge in [-0.25, -0.2) is 13.9 Å². The lowest BCUT2D eigenvalue weighted by molar-refractivity contribution is 0.102. The zero-order valence-electron chi connectivity index (χ0n) is 14.9. The van der Waals surface area contributed by atoms with Gasteiger partial charge in [0.25, 0.3) is 0 Å². The van der Waals surface area contributed by atoms with Crippen LogP contribution in [0.5, 0.6) is 0 Å². The van der Waals surface area contributed by atoms with E-state index in [0.717, 1.165) is 11.2 Å². The van der Waals surface area contributed by atoms with Crippen molar-refractivity contribution in [3.05, 3.63) is 71.6 Å². The molecule has 0 unspecified atom stereocenters. The minimum Gasteiger partial charge on any atom is -0.322 e. The molecule has 1 saturated carbocycles. The van der Waals surface area contributed by atoms with Gasteiger partial charge in [0.05, 0.1) is 0 Å². The van der Waals surface area contributed by atoms with Gasteiger partial charge in [0.2, 0.25) is 11.6 Å². The van der Waals surface area contributed by atoms with Gasteiger partial charge in [0.15, 0.2) is 11.6 Å². The molecule has 140 valence electrons. The number of benzene rings is 1. The maximum Gasteiger partial charge on any atom is 0.232 e. The van der Waals surface area contributed by atoms with E-state index in [9.17, 15) is 9.18 Å². The molecule has 1 aliphatic carbocycles. The third-order valence-electron chi connectivity index (χ3n) is 5.09. The molecular formula is C20H17FN6O. The second kappa shape index (κ2) is 6.56. The molecule has 0 aliphatic heterocycles. The molecule has 0 amide bonds. The Balaban J connectivity index is 1.49. The minimum absolute atomic E-state index is 0.0209. The highest BCUT2D eigenvalue weighted by molar-refractivity contribution is 6.06. The fourth-order valence-corrected chi connectivity index (χ4v) is 3.30. The van der Waals surface area contributed by atoms with E-state index in [1.165, 1.54) is 43.5 Å². The smallest absolute Gasteiger partial charge is 0.232 e. The number of H-pyrrole nitrogens is 1. The minimum atomic E-state index is -0.401. The van der Waals surface area contributed by atoms with Crippen molar-refractivity contribution in [2.45, 2.75) is 25.2 Å². The highest BCUT2D eigenvalue weighted by Crippen LogP contribution is 2.36. The van der Waals surface area contributed by atoms with E-state index in [1.807, 2.05) is 18.2 Å². The normalized spacial score (nSPS) is 14.2. The van der Waals surface area contributed by atoms with Crippen molar-refractivity contribution in [3.63, 3.8) is 0 Å². The van der Waals surface area contributed by atoms with Gasteiger partial charge in [-0.2, -0.15) is 5.10 Å². The first-order chi connectivity index (χ1) is 13.7. The highest BCUT2D eigenvalue weighted by atomic mass is 19.1. The van der Waals surface area contributed by atoms with Crippen LogP contribution in [0.4, 0.5) is 16.0 Å². The Hall–Kier alpha value is -3.55. The number of fused-ring (bicyclic) bond motifs is 1. The average Bonchev–Trinajstić information content (AvgIpc) is 3.30. The Bertz CT molecular complexity index is 1160. The number of aromatic amines is 1. The Morgan fingerprint density at radius 1 is 1.21 bits per heavy atom. The van der Waals surface area contributed by atoms with Crippen molar-refractivity contribution >= 4 is 22.9 Å². The van der Waals surface area contributed by atoms with E-state index in [-0.39, 0.29) is 11.6 Å². The predicted molar refractivity (Wildman–Crippen MR) is 101 cm³/mol. The molecule has 4 aromatic rings. The second-order valence-corrected chi connectivity index (χ2v) is 6.92. The van der Waals surface area contributed by atoms with Gasteiger partial charge in [-0.1, -0.05) is 6.42 Å².